The van der Waals surface area contributed by atoms with E-state index in [1.165, 1.54) is 28.6 Å². The van der Waals surface area contributed by atoms with Gasteiger partial charge in [-0.05, 0) is 65.2 Å². The molecule has 1 aliphatic rings. The lowest BCUT2D eigenvalue weighted by Crippen LogP contribution is -2.35. The smallest absolute Gasteiger partial charge is 0.257 e. The highest BCUT2D eigenvalue weighted by Gasteiger charge is 2.26. The molecule has 0 saturated carbocycles. The van der Waals surface area contributed by atoms with E-state index in [1.54, 1.807) is 17.6 Å². The Morgan fingerprint density at radius 3 is 2.48 bits per heavy atom. The van der Waals surface area contributed by atoms with E-state index in [2.05, 4.69) is 36.4 Å². The van der Waals surface area contributed by atoms with Gasteiger partial charge in [-0.3, -0.25) is 10.1 Å². The van der Waals surface area contributed by atoms with Gasteiger partial charge in [0, 0.05) is 29.7 Å². The van der Waals surface area contributed by atoms with Crippen molar-refractivity contribution < 1.29 is 13.2 Å². The van der Waals surface area contributed by atoms with Crippen molar-refractivity contribution in [2.75, 3.05) is 18.4 Å². The summed E-state index contributed by atoms with van der Waals surface area (Å²) in [7, 11) is -3.52. The van der Waals surface area contributed by atoms with E-state index in [4.69, 9.17) is 0 Å². The molecule has 12 heteroatoms. The van der Waals surface area contributed by atoms with Gasteiger partial charge in [-0.15, -0.1) is 21.5 Å². The maximum Gasteiger partial charge on any atom is 0.257 e. The van der Waals surface area contributed by atoms with Gasteiger partial charge < -0.3 is 0 Å². The van der Waals surface area contributed by atoms with E-state index in [-0.39, 0.29) is 4.90 Å². The van der Waals surface area contributed by atoms with Crippen LogP contribution in [-0.2, 0) is 10.0 Å². The summed E-state index contributed by atoms with van der Waals surface area (Å²) in [5.41, 5.74) is 0.335. The molecule has 1 amide bonds. The monoisotopic (exact) mass is 539 g/mol. The van der Waals surface area contributed by atoms with E-state index in [0.717, 1.165) is 39.3 Å². The van der Waals surface area contributed by atoms with Crippen LogP contribution < -0.4 is 5.32 Å². The quantitative estimate of drug-likeness (QED) is 0.463. The number of nitrogens with one attached hydrogen (secondary N) is 1. The van der Waals surface area contributed by atoms with Crippen LogP contribution in [0.2, 0.25) is 0 Å². The molecule has 1 fully saturated rings. The molecule has 1 aliphatic heterocycles. The second kappa shape index (κ2) is 9.65. The first-order valence-corrected chi connectivity index (χ1v) is 13.3. The first-order chi connectivity index (χ1) is 14.9. The van der Waals surface area contributed by atoms with Gasteiger partial charge in [-0.25, -0.2) is 13.4 Å². The first kappa shape index (κ1) is 22.2. The summed E-state index contributed by atoms with van der Waals surface area (Å²) in [5, 5.41) is 11.3. The minimum Gasteiger partial charge on any atom is -0.296 e. The lowest BCUT2D eigenvalue weighted by molar-refractivity contribution is 0.102. The van der Waals surface area contributed by atoms with Crippen molar-refractivity contribution in [3.8, 4) is 0 Å². The number of piperidine rings is 1. The number of rotatable bonds is 6. The summed E-state index contributed by atoms with van der Waals surface area (Å²) < 4.78 is 28.0. The molecule has 4 rings (SSSR count). The second-order valence-corrected chi connectivity index (χ2v) is 12.1. The second-order valence-electron chi connectivity index (χ2n) is 6.73. The van der Waals surface area contributed by atoms with E-state index in [1.807, 2.05) is 12.1 Å². The lowest BCUT2D eigenvalue weighted by atomic mass is 10.2. The van der Waals surface area contributed by atoms with Crippen molar-refractivity contribution in [1.29, 1.82) is 0 Å². The van der Waals surface area contributed by atoms with E-state index in [0.29, 0.717) is 28.9 Å². The molecule has 3 heterocycles. The zero-order valence-corrected chi connectivity index (χ0v) is 20.2. The number of amides is 1. The normalized spacial score (nSPS) is 15.4. The summed E-state index contributed by atoms with van der Waals surface area (Å²) in [6, 6.07) is 9.79. The molecule has 0 bridgehead atoms. The summed E-state index contributed by atoms with van der Waals surface area (Å²) in [6.45, 7) is 1.08. The molecule has 31 heavy (non-hydrogen) atoms. The number of sulfonamides is 1. The SMILES string of the molecule is O=C(Nc1nnc(/N=C/c2ccc(Br)s2)s1)c1ccc(S(=O)(=O)N2CCCCC2)cc1. The van der Waals surface area contributed by atoms with Crippen LogP contribution in [0, 0.1) is 0 Å². The fraction of sp³-hybridized carbons (Fsp3) is 0.263. The van der Waals surface area contributed by atoms with Crippen LogP contribution in [0.3, 0.4) is 0 Å². The Kier molecular flexibility index (Phi) is 6.92. The number of hydrogen-bond donors (Lipinski definition) is 1. The molecule has 0 radical (unpaired) electrons. The fourth-order valence-electron chi connectivity index (χ4n) is 3.04. The third-order valence-electron chi connectivity index (χ3n) is 4.60. The number of aromatic nitrogens is 2. The van der Waals surface area contributed by atoms with Crippen molar-refractivity contribution in [2.24, 2.45) is 4.99 Å². The number of halogens is 1. The van der Waals surface area contributed by atoms with Gasteiger partial charge >= 0.3 is 0 Å². The third-order valence-corrected chi connectivity index (χ3v) is 8.82. The van der Waals surface area contributed by atoms with Crippen LogP contribution in [0.5, 0.6) is 0 Å². The van der Waals surface area contributed by atoms with Crippen LogP contribution in [0.1, 0.15) is 34.5 Å². The molecule has 1 N–H and O–H groups in total. The number of anilines is 1. The van der Waals surface area contributed by atoms with Gasteiger partial charge in [0.2, 0.25) is 20.3 Å². The molecular formula is C19H18BrN5O3S3. The number of carbonyl (C=O) groups is 1. The van der Waals surface area contributed by atoms with Gasteiger partial charge in [0.1, 0.15) is 0 Å². The van der Waals surface area contributed by atoms with Gasteiger partial charge in [-0.1, -0.05) is 17.8 Å². The van der Waals surface area contributed by atoms with Crippen LogP contribution in [0.15, 0.2) is 50.1 Å². The third kappa shape index (κ3) is 5.44. The molecule has 0 aliphatic carbocycles. The zero-order valence-electron chi connectivity index (χ0n) is 16.2. The first-order valence-electron chi connectivity index (χ1n) is 9.46. The Hall–Kier alpha value is -1.99. The maximum atomic E-state index is 12.7. The largest absolute Gasteiger partial charge is 0.296 e. The molecule has 1 aromatic carbocycles. The number of nitrogens with zero attached hydrogens (tertiary/aromatic N) is 4. The van der Waals surface area contributed by atoms with E-state index < -0.39 is 15.9 Å². The van der Waals surface area contributed by atoms with Crippen LogP contribution in [0.4, 0.5) is 10.3 Å². The molecule has 0 spiro atoms. The summed E-state index contributed by atoms with van der Waals surface area (Å²) in [4.78, 5) is 17.9. The topological polar surface area (TPSA) is 105 Å². The van der Waals surface area contributed by atoms with Gasteiger partial charge in [0.25, 0.3) is 5.91 Å². The predicted octanol–water partition coefficient (Wildman–Crippen LogP) is 4.54. The summed E-state index contributed by atoms with van der Waals surface area (Å²) in [5.74, 6) is -0.393. The summed E-state index contributed by atoms with van der Waals surface area (Å²) in [6.07, 6.45) is 4.48. The average molecular weight is 540 g/mol. The van der Waals surface area contributed by atoms with Crippen LogP contribution >= 0.6 is 38.6 Å². The Balaban J connectivity index is 1.40. The zero-order chi connectivity index (χ0) is 21.8. The van der Waals surface area contributed by atoms with Crippen molar-refractivity contribution in [1.82, 2.24) is 14.5 Å². The molecule has 2 aromatic heterocycles. The molecular weight excluding hydrogens is 522 g/mol. The standard InChI is InChI=1S/C19H18BrN5O3S3/c20-16-9-6-14(29-16)12-21-18-23-24-19(30-18)22-17(26)13-4-7-15(8-5-13)31(27,28)25-10-2-1-3-11-25/h4-9,12H,1-3,10-11H2,(H,22,24,26)/b21-12+. The highest BCUT2D eigenvalue weighted by Crippen LogP contribution is 2.26. The Labute approximate surface area is 196 Å². The van der Waals surface area contributed by atoms with Crippen molar-refractivity contribution >= 4 is 71.0 Å². The van der Waals surface area contributed by atoms with Gasteiger partial charge in [0.05, 0.1) is 8.68 Å². The minimum atomic E-state index is -3.52. The molecule has 0 atom stereocenters. The number of benzene rings is 1. The lowest BCUT2D eigenvalue weighted by Gasteiger charge is -2.25. The van der Waals surface area contributed by atoms with Crippen molar-refractivity contribution in [2.45, 2.75) is 24.2 Å². The molecule has 1 saturated heterocycles. The highest BCUT2D eigenvalue weighted by atomic mass is 79.9. The number of carbonyl (C=O) groups excluding carboxylic acids is 1. The van der Waals surface area contributed by atoms with Crippen LogP contribution in [0.25, 0.3) is 0 Å². The average Bonchev–Trinajstić information content (AvgIpc) is 3.41. The summed E-state index contributed by atoms with van der Waals surface area (Å²) >= 11 is 6.08. The molecule has 0 unspecified atom stereocenters. The Morgan fingerprint density at radius 2 is 1.81 bits per heavy atom. The minimum absolute atomic E-state index is 0.193. The van der Waals surface area contributed by atoms with Gasteiger partial charge in [0.15, 0.2) is 0 Å². The Bertz CT molecular complexity index is 1200. The van der Waals surface area contributed by atoms with Crippen LogP contribution in [-0.4, -0.2) is 48.1 Å². The van der Waals surface area contributed by atoms with Crippen molar-refractivity contribution in [3.63, 3.8) is 0 Å². The van der Waals surface area contributed by atoms with E-state index in [9.17, 15) is 13.2 Å². The highest BCUT2D eigenvalue weighted by molar-refractivity contribution is 9.11. The molecule has 162 valence electrons. The van der Waals surface area contributed by atoms with Crippen molar-refractivity contribution in [3.05, 3.63) is 50.6 Å². The fourth-order valence-corrected chi connectivity index (χ4v) is 6.43. The Morgan fingerprint density at radius 1 is 1.06 bits per heavy atom. The molecule has 8 nitrogen and oxygen atoms in total. The van der Waals surface area contributed by atoms with E-state index >= 15 is 0 Å². The van der Waals surface area contributed by atoms with Gasteiger partial charge in [-0.2, -0.15) is 4.31 Å². The number of hydrogen-bond acceptors (Lipinski definition) is 8. The predicted molar refractivity (Wildman–Crippen MR) is 126 cm³/mol. The number of thiophene rings is 1. The number of aliphatic imine (C=N–C) groups is 1. The molecule has 3 aromatic rings. The maximum absolute atomic E-state index is 12.7.